The van der Waals surface area contributed by atoms with Crippen molar-refractivity contribution in [2.24, 2.45) is 5.73 Å². The van der Waals surface area contributed by atoms with Gasteiger partial charge < -0.3 is 15.8 Å². The van der Waals surface area contributed by atoms with Gasteiger partial charge in [0.15, 0.2) is 0 Å². The molecular formula is C6H14N2O2. The molecule has 4 heteroatoms. The smallest absolute Gasteiger partial charge is 0.319 e. The first kappa shape index (κ1) is 9.39. The van der Waals surface area contributed by atoms with Crippen LogP contribution in [0, 0.1) is 0 Å². The van der Waals surface area contributed by atoms with Gasteiger partial charge in [0.05, 0.1) is 6.54 Å². The van der Waals surface area contributed by atoms with E-state index < -0.39 is 0 Å². The van der Waals surface area contributed by atoms with Gasteiger partial charge in [-0.1, -0.05) is 0 Å². The molecule has 3 N–H and O–H groups in total. The van der Waals surface area contributed by atoms with E-state index in [4.69, 9.17) is 10.5 Å². The summed E-state index contributed by atoms with van der Waals surface area (Å²) in [5.41, 5.74) is 5.00. The first-order valence-corrected chi connectivity index (χ1v) is 3.23. The first-order valence-electron chi connectivity index (χ1n) is 3.23. The van der Waals surface area contributed by atoms with E-state index in [2.05, 4.69) is 5.32 Å². The van der Waals surface area contributed by atoms with Crippen LogP contribution in [0.25, 0.3) is 0 Å². The molecule has 0 saturated heterocycles. The van der Waals surface area contributed by atoms with Crippen LogP contribution in [0.2, 0.25) is 0 Å². The molecule has 1 unspecified atom stereocenters. The number of rotatable bonds is 4. The van der Waals surface area contributed by atoms with Crippen LogP contribution >= 0.6 is 0 Å². The Morgan fingerprint density at radius 2 is 2.40 bits per heavy atom. The van der Waals surface area contributed by atoms with Crippen molar-refractivity contribution >= 4 is 5.97 Å². The van der Waals surface area contributed by atoms with E-state index in [0.717, 1.165) is 0 Å². The lowest BCUT2D eigenvalue weighted by Crippen LogP contribution is -2.29. The maximum Gasteiger partial charge on any atom is 0.319 e. The lowest BCUT2D eigenvalue weighted by molar-refractivity contribution is -0.142. The van der Waals surface area contributed by atoms with Gasteiger partial charge in [0.2, 0.25) is 0 Å². The average Bonchev–Trinajstić information content (AvgIpc) is 1.99. The molecule has 0 aliphatic carbocycles. The molecule has 0 amide bonds. The highest BCUT2D eigenvalue weighted by atomic mass is 16.5. The van der Waals surface area contributed by atoms with Crippen LogP contribution in [0.4, 0.5) is 0 Å². The summed E-state index contributed by atoms with van der Waals surface area (Å²) in [5.74, 6) is -0.359. The summed E-state index contributed by atoms with van der Waals surface area (Å²) in [4.78, 5) is 10.5. The van der Waals surface area contributed by atoms with Crippen molar-refractivity contribution in [1.82, 2.24) is 5.32 Å². The molecule has 0 fully saturated rings. The third-order valence-electron chi connectivity index (χ3n) is 1.15. The van der Waals surface area contributed by atoms with Crippen molar-refractivity contribution in [3.63, 3.8) is 0 Å². The van der Waals surface area contributed by atoms with E-state index in [1.165, 1.54) is 0 Å². The Balaban J connectivity index is 3.26. The molecule has 0 aromatic carbocycles. The van der Waals surface area contributed by atoms with Crippen molar-refractivity contribution in [2.75, 3.05) is 20.2 Å². The molecule has 0 heterocycles. The predicted octanol–water partition coefficient (Wildman–Crippen LogP) is -0.904. The SMILES string of the molecule is CNC(C)COC(=O)CN. The van der Waals surface area contributed by atoms with Gasteiger partial charge in [-0.05, 0) is 14.0 Å². The van der Waals surface area contributed by atoms with Gasteiger partial charge in [-0.25, -0.2) is 0 Å². The third kappa shape index (κ3) is 4.29. The number of likely N-dealkylation sites (N-methyl/N-ethyl adjacent to an activating group) is 1. The van der Waals surface area contributed by atoms with Crippen LogP contribution in [0.1, 0.15) is 6.92 Å². The number of nitrogens with two attached hydrogens (primary N) is 1. The van der Waals surface area contributed by atoms with Crippen LogP contribution in [-0.4, -0.2) is 32.2 Å². The van der Waals surface area contributed by atoms with Crippen molar-refractivity contribution in [3.05, 3.63) is 0 Å². The molecule has 0 spiro atoms. The fourth-order valence-corrected chi connectivity index (χ4v) is 0.360. The fraction of sp³-hybridized carbons (Fsp3) is 0.833. The summed E-state index contributed by atoms with van der Waals surface area (Å²) < 4.78 is 4.72. The number of nitrogens with one attached hydrogen (secondary N) is 1. The molecule has 0 aliphatic heterocycles. The molecular weight excluding hydrogens is 132 g/mol. The fourth-order valence-electron chi connectivity index (χ4n) is 0.360. The minimum Gasteiger partial charge on any atom is -0.463 e. The van der Waals surface area contributed by atoms with E-state index in [1.807, 2.05) is 6.92 Å². The molecule has 1 atom stereocenters. The Labute approximate surface area is 60.7 Å². The molecule has 4 nitrogen and oxygen atoms in total. The highest BCUT2D eigenvalue weighted by Gasteiger charge is 2.01. The molecule has 0 radical (unpaired) electrons. The zero-order chi connectivity index (χ0) is 7.98. The summed E-state index contributed by atoms with van der Waals surface area (Å²) in [7, 11) is 1.81. The number of esters is 1. The summed E-state index contributed by atoms with van der Waals surface area (Å²) in [6.45, 7) is 2.26. The second kappa shape index (κ2) is 5.20. The van der Waals surface area contributed by atoms with Crippen LogP contribution in [0.5, 0.6) is 0 Å². The lowest BCUT2D eigenvalue weighted by Gasteiger charge is -2.09. The van der Waals surface area contributed by atoms with Gasteiger partial charge in [0, 0.05) is 6.04 Å². The van der Waals surface area contributed by atoms with E-state index in [0.29, 0.717) is 6.61 Å². The minimum absolute atomic E-state index is 0.0452. The summed E-state index contributed by atoms with van der Waals surface area (Å²) in [6, 6.07) is 0.190. The molecule has 10 heavy (non-hydrogen) atoms. The van der Waals surface area contributed by atoms with Gasteiger partial charge >= 0.3 is 5.97 Å². The summed E-state index contributed by atoms with van der Waals surface area (Å²) in [5, 5.41) is 2.93. The Kier molecular flexibility index (Phi) is 4.88. The first-order chi connectivity index (χ1) is 4.70. The van der Waals surface area contributed by atoms with E-state index in [1.54, 1.807) is 7.05 Å². The van der Waals surface area contributed by atoms with Crippen LogP contribution in [-0.2, 0) is 9.53 Å². The highest BCUT2D eigenvalue weighted by Crippen LogP contribution is 1.82. The number of carbonyl (C=O) groups is 1. The molecule has 0 aromatic rings. The van der Waals surface area contributed by atoms with E-state index in [9.17, 15) is 4.79 Å². The highest BCUT2D eigenvalue weighted by molar-refractivity contribution is 5.71. The quantitative estimate of drug-likeness (QED) is 0.504. The minimum atomic E-state index is -0.359. The number of hydrogen-bond acceptors (Lipinski definition) is 4. The zero-order valence-electron chi connectivity index (χ0n) is 6.39. The largest absolute Gasteiger partial charge is 0.463 e. The predicted molar refractivity (Wildman–Crippen MR) is 38.5 cm³/mol. The zero-order valence-corrected chi connectivity index (χ0v) is 6.39. The molecule has 0 rings (SSSR count). The average molecular weight is 146 g/mol. The monoisotopic (exact) mass is 146 g/mol. The Morgan fingerprint density at radius 1 is 1.80 bits per heavy atom. The second-order valence-corrected chi connectivity index (χ2v) is 2.08. The summed E-state index contributed by atoms with van der Waals surface area (Å²) >= 11 is 0. The van der Waals surface area contributed by atoms with Crippen LogP contribution in [0.15, 0.2) is 0 Å². The van der Waals surface area contributed by atoms with Crippen LogP contribution < -0.4 is 11.1 Å². The lowest BCUT2D eigenvalue weighted by atomic mass is 10.4. The van der Waals surface area contributed by atoms with Gasteiger partial charge in [-0.15, -0.1) is 0 Å². The van der Waals surface area contributed by atoms with E-state index >= 15 is 0 Å². The van der Waals surface area contributed by atoms with Crippen molar-refractivity contribution in [3.8, 4) is 0 Å². The summed E-state index contributed by atoms with van der Waals surface area (Å²) in [6.07, 6.45) is 0. The maximum absolute atomic E-state index is 10.5. The number of hydrogen-bond donors (Lipinski definition) is 2. The second-order valence-electron chi connectivity index (χ2n) is 2.08. The van der Waals surface area contributed by atoms with Crippen molar-refractivity contribution in [1.29, 1.82) is 0 Å². The Hall–Kier alpha value is -0.610. The number of ether oxygens (including phenoxy) is 1. The van der Waals surface area contributed by atoms with Gasteiger partial charge in [0.1, 0.15) is 6.61 Å². The van der Waals surface area contributed by atoms with Gasteiger partial charge in [-0.3, -0.25) is 4.79 Å². The van der Waals surface area contributed by atoms with Crippen molar-refractivity contribution in [2.45, 2.75) is 13.0 Å². The Bertz CT molecular complexity index is 106. The topological polar surface area (TPSA) is 64.3 Å². The normalized spacial score (nSPS) is 12.7. The van der Waals surface area contributed by atoms with Crippen LogP contribution in [0.3, 0.4) is 0 Å². The standard InChI is InChI=1S/C6H14N2O2/c1-5(8-2)4-10-6(9)3-7/h5,8H,3-4,7H2,1-2H3. The third-order valence-corrected chi connectivity index (χ3v) is 1.15. The molecule has 60 valence electrons. The molecule has 0 aliphatic rings. The number of carbonyl (C=O) groups excluding carboxylic acids is 1. The molecule has 0 aromatic heterocycles. The molecule has 0 saturated carbocycles. The van der Waals surface area contributed by atoms with E-state index in [-0.39, 0.29) is 18.6 Å². The van der Waals surface area contributed by atoms with Crippen molar-refractivity contribution < 1.29 is 9.53 Å². The maximum atomic E-state index is 10.5. The Morgan fingerprint density at radius 3 is 2.80 bits per heavy atom. The molecule has 0 bridgehead atoms. The van der Waals surface area contributed by atoms with Gasteiger partial charge in [0.25, 0.3) is 0 Å². The van der Waals surface area contributed by atoms with Gasteiger partial charge in [-0.2, -0.15) is 0 Å².